The normalized spacial score (nSPS) is 12.4. The van der Waals surface area contributed by atoms with E-state index in [-0.39, 0.29) is 24.0 Å². The summed E-state index contributed by atoms with van der Waals surface area (Å²) in [5.41, 5.74) is 1.21. The van der Waals surface area contributed by atoms with Gasteiger partial charge in [0.25, 0.3) is 0 Å². The number of benzene rings is 1. The molecule has 0 fully saturated rings. The van der Waals surface area contributed by atoms with Gasteiger partial charge in [-0.3, -0.25) is 4.99 Å². The zero-order valence-electron chi connectivity index (χ0n) is 18.6. The fourth-order valence-corrected chi connectivity index (χ4v) is 2.75. The summed E-state index contributed by atoms with van der Waals surface area (Å²) in [7, 11) is 7.57. The van der Waals surface area contributed by atoms with Gasteiger partial charge in [0.2, 0.25) is 0 Å². The van der Waals surface area contributed by atoms with E-state index in [1.807, 2.05) is 12.1 Å². The van der Waals surface area contributed by atoms with Crippen molar-refractivity contribution in [1.29, 1.82) is 0 Å². The Bertz CT molecular complexity index is 584. The number of methoxy groups -OCH3 is 2. The summed E-state index contributed by atoms with van der Waals surface area (Å²) >= 11 is 0. The van der Waals surface area contributed by atoms with Gasteiger partial charge in [0.1, 0.15) is 0 Å². The minimum absolute atomic E-state index is 0. The van der Waals surface area contributed by atoms with Crippen LogP contribution in [0.3, 0.4) is 0 Å². The van der Waals surface area contributed by atoms with E-state index in [0.29, 0.717) is 6.04 Å². The first-order valence-electron chi connectivity index (χ1n) is 9.87. The zero-order valence-corrected chi connectivity index (χ0v) is 20.9. The van der Waals surface area contributed by atoms with Crippen LogP contribution in [0.1, 0.15) is 32.8 Å². The molecule has 1 unspecified atom stereocenters. The lowest BCUT2D eigenvalue weighted by molar-refractivity contribution is 0.259. The van der Waals surface area contributed by atoms with Gasteiger partial charge in [-0.15, -0.1) is 24.0 Å². The van der Waals surface area contributed by atoms with E-state index in [4.69, 9.17) is 14.5 Å². The molecule has 6 nitrogen and oxygen atoms in total. The molecule has 0 spiro atoms. The first-order valence-corrected chi connectivity index (χ1v) is 9.87. The Morgan fingerprint density at radius 2 is 1.79 bits per heavy atom. The molecule has 0 aromatic heterocycles. The van der Waals surface area contributed by atoms with Crippen LogP contribution in [-0.4, -0.2) is 76.3 Å². The van der Waals surface area contributed by atoms with Crippen molar-refractivity contribution in [3.05, 3.63) is 23.8 Å². The number of nitrogens with one attached hydrogen (secondary N) is 1. The molecule has 0 saturated heterocycles. The van der Waals surface area contributed by atoms with E-state index in [2.05, 4.69) is 56.0 Å². The van der Waals surface area contributed by atoms with E-state index in [9.17, 15) is 0 Å². The van der Waals surface area contributed by atoms with Gasteiger partial charge >= 0.3 is 0 Å². The second kappa shape index (κ2) is 14.7. The van der Waals surface area contributed by atoms with Gasteiger partial charge in [0.15, 0.2) is 17.5 Å². The van der Waals surface area contributed by atoms with Gasteiger partial charge in [-0.2, -0.15) is 0 Å². The van der Waals surface area contributed by atoms with Gasteiger partial charge in [0.05, 0.1) is 20.8 Å². The lowest BCUT2D eigenvalue weighted by Gasteiger charge is -2.24. The number of hydrogen-bond donors (Lipinski definition) is 1. The second-order valence-electron chi connectivity index (χ2n) is 6.83. The molecule has 7 heteroatoms. The molecule has 0 aliphatic carbocycles. The SMILES string of the molecule is CCNC(=NCCN(C)C(C)CC)N(C)CCc1ccc(OC)c(OC)c1.I. The van der Waals surface area contributed by atoms with Crippen LogP contribution >= 0.6 is 24.0 Å². The Hall–Kier alpha value is -1.22. The van der Waals surface area contributed by atoms with Crippen LogP contribution in [0.2, 0.25) is 0 Å². The van der Waals surface area contributed by atoms with Crippen LogP contribution in [0.25, 0.3) is 0 Å². The first-order chi connectivity index (χ1) is 13.0. The second-order valence-corrected chi connectivity index (χ2v) is 6.83. The molecule has 28 heavy (non-hydrogen) atoms. The molecule has 1 N–H and O–H groups in total. The monoisotopic (exact) mass is 506 g/mol. The van der Waals surface area contributed by atoms with Gasteiger partial charge < -0.3 is 24.6 Å². The van der Waals surface area contributed by atoms with Crippen LogP contribution in [0.5, 0.6) is 11.5 Å². The number of ether oxygens (including phenoxy) is 2. The molecule has 1 aromatic carbocycles. The summed E-state index contributed by atoms with van der Waals surface area (Å²) in [6.07, 6.45) is 2.07. The van der Waals surface area contributed by atoms with Crippen LogP contribution in [0, 0.1) is 0 Å². The minimum atomic E-state index is 0. The Morgan fingerprint density at radius 1 is 1.11 bits per heavy atom. The van der Waals surface area contributed by atoms with Crippen molar-refractivity contribution in [3.63, 3.8) is 0 Å². The predicted octanol–water partition coefficient (Wildman–Crippen LogP) is 3.49. The molecule has 0 amide bonds. The predicted molar refractivity (Wildman–Crippen MR) is 130 cm³/mol. The Kier molecular flexibility index (Phi) is 14.1. The number of halogens is 1. The van der Waals surface area contributed by atoms with Crippen molar-refractivity contribution in [2.45, 2.75) is 39.7 Å². The first kappa shape index (κ1) is 26.8. The summed E-state index contributed by atoms with van der Waals surface area (Å²) in [5.74, 6) is 2.48. The van der Waals surface area contributed by atoms with Crippen molar-refractivity contribution < 1.29 is 9.47 Å². The third-order valence-corrected chi connectivity index (χ3v) is 4.94. The van der Waals surface area contributed by atoms with E-state index in [1.54, 1.807) is 14.2 Å². The molecule has 162 valence electrons. The highest BCUT2D eigenvalue weighted by Gasteiger charge is 2.09. The highest BCUT2D eigenvalue weighted by molar-refractivity contribution is 14.0. The lowest BCUT2D eigenvalue weighted by atomic mass is 10.1. The van der Waals surface area contributed by atoms with Crippen molar-refractivity contribution in [3.8, 4) is 11.5 Å². The molecule has 0 bridgehead atoms. The fourth-order valence-electron chi connectivity index (χ4n) is 2.75. The Balaban J connectivity index is 0.00000729. The third kappa shape index (κ3) is 8.86. The summed E-state index contributed by atoms with van der Waals surface area (Å²) in [4.78, 5) is 9.33. The molecule has 0 aliphatic heterocycles. The summed E-state index contributed by atoms with van der Waals surface area (Å²) < 4.78 is 10.7. The highest BCUT2D eigenvalue weighted by atomic mass is 127. The lowest BCUT2D eigenvalue weighted by Crippen LogP contribution is -2.40. The quantitative estimate of drug-likeness (QED) is 0.283. The molecule has 0 saturated carbocycles. The van der Waals surface area contributed by atoms with Crippen molar-refractivity contribution >= 4 is 29.9 Å². The van der Waals surface area contributed by atoms with Crippen molar-refractivity contribution in [1.82, 2.24) is 15.1 Å². The maximum absolute atomic E-state index is 5.39. The van der Waals surface area contributed by atoms with E-state index in [0.717, 1.165) is 56.5 Å². The average Bonchev–Trinajstić information content (AvgIpc) is 2.70. The van der Waals surface area contributed by atoms with Gasteiger partial charge in [0, 0.05) is 32.7 Å². The standard InChI is InChI=1S/C21H38N4O2.HI/c1-8-17(3)24(4)15-13-23-21(22-9-2)25(5)14-12-18-10-11-19(26-6)20(16-18)27-7;/h10-11,16-17H,8-9,12-15H2,1-7H3,(H,22,23);1H. The molecule has 1 atom stereocenters. The molecule has 0 radical (unpaired) electrons. The minimum Gasteiger partial charge on any atom is -0.493 e. The average molecular weight is 506 g/mol. The molecule has 0 aliphatic rings. The smallest absolute Gasteiger partial charge is 0.193 e. The maximum atomic E-state index is 5.39. The Labute approximate surface area is 188 Å². The number of nitrogens with zero attached hydrogens (tertiary/aromatic N) is 3. The van der Waals surface area contributed by atoms with Crippen LogP contribution in [0.4, 0.5) is 0 Å². The summed E-state index contributed by atoms with van der Waals surface area (Å²) in [6, 6.07) is 6.67. The number of guanidine groups is 1. The van der Waals surface area contributed by atoms with E-state index < -0.39 is 0 Å². The molecular weight excluding hydrogens is 467 g/mol. The van der Waals surface area contributed by atoms with Crippen LogP contribution in [0.15, 0.2) is 23.2 Å². The Morgan fingerprint density at radius 3 is 2.36 bits per heavy atom. The van der Waals surface area contributed by atoms with E-state index >= 15 is 0 Å². The molecule has 1 rings (SSSR count). The van der Waals surface area contributed by atoms with Gasteiger partial charge in [-0.05, 0) is 51.4 Å². The van der Waals surface area contributed by atoms with Crippen molar-refractivity contribution in [2.24, 2.45) is 4.99 Å². The summed E-state index contributed by atoms with van der Waals surface area (Å²) in [6.45, 7) is 10.1. The fraction of sp³-hybridized carbons (Fsp3) is 0.667. The molecule has 1 aromatic rings. The largest absolute Gasteiger partial charge is 0.493 e. The highest BCUT2D eigenvalue weighted by Crippen LogP contribution is 2.27. The van der Waals surface area contributed by atoms with E-state index in [1.165, 1.54) is 5.56 Å². The number of aliphatic imine (C=N–C) groups is 1. The number of rotatable bonds is 11. The van der Waals surface area contributed by atoms with Crippen molar-refractivity contribution in [2.75, 3.05) is 54.5 Å². The summed E-state index contributed by atoms with van der Waals surface area (Å²) in [5, 5.41) is 3.39. The third-order valence-electron chi connectivity index (χ3n) is 4.94. The van der Waals surface area contributed by atoms with Crippen LogP contribution in [-0.2, 0) is 6.42 Å². The number of likely N-dealkylation sites (N-methyl/N-ethyl adjacent to an activating group) is 2. The number of hydrogen-bond acceptors (Lipinski definition) is 4. The van der Waals surface area contributed by atoms with Gasteiger partial charge in [-0.25, -0.2) is 0 Å². The topological polar surface area (TPSA) is 49.3 Å². The maximum Gasteiger partial charge on any atom is 0.193 e. The molecular formula is C21H39IN4O2. The van der Waals surface area contributed by atoms with Gasteiger partial charge in [-0.1, -0.05) is 13.0 Å². The molecule has 0 heterocycles. The van der Waals surface area contributed by atoms with Crippen LogP contribution < -0.4 is 14.8 Å². The zero-order chi connectivity index (χ0) is 20.2.